The van der Waals surface area contributed by atoms with Gasteiger partial charge < -0.3 is 5.73 Å². The van der Waals surface area contributed by atoms with Crippen molar-refractivity contribution in [1.82, 2.24) is 4.98 Å². The van der Waals surface area contributed by atoms with E-state index in [1.165, 1.54) is 47.1 Å². The lowest BCUT2D eigenvalue weighted by atomic mass is 9.94. The molecule has 0 bridgehead atoms. The van der Waals surface area contributed by atoms with Gasteiger partial charge in [0.25, 0.3) is 0 Å². The standard InChI is InChI=1S/C21H30N2/c1-5-7-8-9-19-14-20(16(4)23-21(19)22)13-18-11-10-15(3)12-17(18)6-2/h10-12,14H,5-9,13H2,1-4H3,(H2,22,23). The second-order valence-electron chi connectivity index (χ2n) is 6.54. The second-order valence-corrected chi connectivity index (χ2v) is 6.54. The van der Waals surface area contributed by atoms with Gasteiger partial charge in [-0.2, -0.15) is 0 Å². The van der Waals surface area contributed by atoms with Gasteiger partial charge in [-0.15, -0.1) is 0 Å². The molecule has 0 spiro atoms. The maximum absolute atomic E-state index is 6.13. The smallest absolute Gasteiger partial charge is 0.126 e. The van der Waals surface area contributed by atoms with E-state index < -0.39 is 0 Å². The van der Waals surface area contributed by atoms with Crippen molar-refractivity contribution in [2.45, 2.75) is 66.2 Å². The molecule has 0 saturated carbocycles. The van der Waals surface area contributed by atoms with E-state index in [0.717, 1.165) is 25.0 Å². The van der Waals surface area contributed by atoms with Gasteiger partial charge in [0, 0.05) is 5.69 Å². The van der Waals surface area contributed by atoms with Gasteiger partial charge in [-0.05, 0) is 61.8 Å². The van der Waals surface area contributed by atoms with Crippen molar-refractivity contribution >= 4 is 5.82 Å². The minimum atomic E-state index is 0.710. The molecule has 0 fully saturated rings. The number of aromatic nitrogens is 1. The number of anilines is 1. The Kier molecular flexibility index (Phi) is 6.20. The quantitative estimate of drug-likeness (QED) is 0.717. The molecule has 23 heavy (non-hydrogen) atoms. The molecule has 2 heteroatoms. The summed E-state index contributed by atoms with van der Waals surface area (Å²) in [7, 11) is 0. The first kappa shape index (κ1) is 17.5. The number of nitrogen functional groups attached to an aromatic ring is 1. The Morgan fingerprint density at radius 1 is 0.913 bits per heavy atom. The molecule has 0 atom stereocenters. The van der Waals surface area contributed by atoms with Crippen molar-refractivity contribution in [3.63, 3.8) is 0 Å². The first-order chi connectivity index (χ1) is 11.0. The summed E-state index contributed by atoms with van der Waals surface area (Å²) in [5.74, 6) is 0.710. The van der Waals surface area contributed by atoms with Crippen LogP contribution in [0, 0.1) is 13.8 Å². The topological polar surface area (TPSA) is 38.9 Å². The molecular formula is C21H30N2. The van der Waals surface area contributed by atoms with E-state index in [4.69, 9.17) is 5.73 Å². The Balaban J connectivity index is 2.27. The summed E-state index contributed by atoms with van der Waals surface area (Å²) in [4.78, 5) is 4.60. The largest absolute Gasteiger partial charge is 0.383 e. The van der Waals surface area contributed by atoms with Crippen LogP contribution in [0.25, 0.3) is 0 Å². The van der Waals surface area contributed by atoms with E-state index in [9.17, 15) is 0 Å². The van der Waals surface area contributed by atoms with Crippen LogP contribution in [-0.2, 0) is 19.3 Å². The van der Waals surface area contributed by atoms with Gasteiger partial charge in [0.15, 0.2) is 0 Å². The number of hydrogen-bond donors (Lipinski definition) is 1. The fourth-order valence-electron chi connectivity index (χ4n) is 3.12. The highest BCUT2D eigenvalue weighted by molar-refractivity contribution is 5.46. The third-order valence-electron chi connectivity index (χ3n) is 4.60. The van der Waals surface area contributed by atoms with Crippen LogP contribution in [0.3, 0.4) is 0 Å². The zero-order valence-corrected chi connectivity index (χ0v) is 15.1. The summed E-state index contributed by atoms with van der Waals surface area (Å²) in [6.45, 7) is 8.68. The van der Waals surface area contributed by atoms with Crippen molar-refractivity contribution in [3.05, 3.63) is 57.8 Å². The van der Waals surface area contributed by atoms with Crippen LogP contribution in [0.2, 0.25) is 0 Å². The van der Waals surface area contributed by atoms with Crippen molar-refractivity contribution in [1.29, 1.82) is 0 Å². The van der Waals surface area contributed by atoms with Gasteiger partial charge in [0.2, 0.25) is 0 Å². The average molecular weight is 310 g/mol. The molecule has 0 aliphatic carbocycles. The number of nitrogens with zero attached hydrogens (tertiary/aromatic N) is 1. The summed E-state index contributed by atoms with van der Waals surface area (Å²) < 4.78 is 0. The third kappa shape index (κ3) is 4.57. The van der Waals surface area contributed by atoms with E-state index in [-0.39, 0.29) is 0 Å². The summed E-state index contributed by atoms with van der Waals surface area (Å²) in [6, 6.07) is 9.06. The molecule has 2 aromatic rings. The van der Waals surface area contributed by atoms with Crippen LogP contribution in [0.4, 0.5) is 5.82 Å². The summed E-state index contributed by atoms with van der Waals surface area (Å²) >= 11 is 0. The maximum atomic E-state index is 6.13. The highest BCUT2D eigenvalue weighted by Crippen LogP contribution is 2.22. The van der Waals surface area contributed by atoms with Crippen LogP contribution in [0.1, 0.15) is 66.6 Å². The number of unbranched alkanes of at least 4 members (excludes halogenated alkanes) is 2. The van der Waals surface area contributed by atoms with Gasteiger partial charge in [0.1, 0.15) is 5.82 Å². The maximum Gasteiger partial charge on any atom is 0.126 e. The van der Waals surface area contributed by atoms with Crippen LogP contribution < -0.4 is 5.73 Å². The Morgan fingerprint density at radius 2 is 1.70 bits per heavy atom. The molecule has 1 heterocycles. The minimum Gasteiger partial charge on any atom is -0.383 e. The van der Waals surface area contributed by atoms with Crippen molar-refractivity contribution in [2.75, 3.05) is 5.73 Å². The van der Waals surface area contributed by atoms with Crippen LogP contribution >= 0.6 is 0 Å². The fourth-order valence-corrected chi connectivity index (χ4v) is 3.12. The SMILES string of the molecule is CCCCCc1cc(Cc2ccc(C)cc2CC)c(C)nc1N. The van der Waals surface area contributed by atoms with Gasteiger partial charge in [0.05, 0.1) is 0 Å². The Bertz CT molecular complexity index is 659. The number of hydrogen-bond acceptors (Lipinski definition) is 2. The molecule has 124 valence electrons. The lowest BCUT2D eigenvalue weighted by Crippen LogP contribution is -2.05. The lowest BCUT2D eigenvalue weighted by molar-refractivity contribution is 0.716. The molecule has 0 saturated heterocycles. The van der Waals surface area contributed by atoms with Crippen LogP contribution in [-0.4, -0.2) is 4.98 Å². The first-order valence-corrected chi connectivity index (χ1v) is 8.88. The molecule has 0 aliphatic rings. The summed E-state index contributed by atoms with van der Waals surface area (Å²) in [6.07, 6.45) is 6.73. The Labute approximate surface area is 141 Å². The molecule has 0 unspecified atom stereocenters. The summed E-state index contributed by atoms with van der Waals surface area (Å²) in [5, 5.41) is 0. The first-order valence-electron chi connectivity index (χ1n) is 8.88. The van der Waals surface area contributed by atoms with E-state index in [0.29, 0.717) is 5.82 Å². The normalized spacial score (nSPS) is 11.0. The Hall–Kier alpha value is -1.83. The molecule has 0 radical (unpaired) electrons. The van der Waals surface area contributed by atoms with Gasteiger partial charge in [-0.1, -0.05) is 56.5 Å². The zero-order chi connectivity index (χ0) is 16.8. The lowest BCUT2D eigenvalue weighted by Gasteiger charge is -2.14. The predicted molar refractivity (Wildman–Crippen MR) is 100.0 cm³/mol. The van der Waals surface area contributed by atoms with E-state index in [2.05, 4.69) is 56.9 Å². The van der Waals surface area contributed by atoms with E-state index in [1.807, 2.05) is 0 Å². The van der Waals surface area contributed by atoms with Crippen molar-refractivity contribution in [3.8, 4) is 0 Å². The predicted octanol–water partition coefficient (Wildman–Crippen LogP) is 5.17. The molecule has 1 aromatic carbocycles. The number of aryl methyl sites for hydroxylation is 4. The second kappa shape index (κ2) is 8.14. The van der Waals surface area contributed by atoms with Crippen molar-refractivity contribution < 1.29 is 0 Å². The highest BCUT2D eigenvalue weighted by Gasteiger charge is 2.10. The number of rotatable bonds is 7. The fraction of sp³-hybridized carbons (Fsp3) is 0.476. The number of pyridine rings is 1. The van der Waals surface area contributed by atoms with Crippen molar-refractivity contribution in [2.24, 2.45) is 0 Å². The van der Waals surface area contributed by atoms with Gasteiger partial charge >= 0.3 is 0 Å². The summed E-state index contributed by atoms with van der Waals surface area (Å²) in [5.41, 5.74) is 13.9. The molecule has 0 aliphatic heterocycles. The molecule has 2 N–H and O–H groups in total. The number of benzene rings is 1. The molecular weight excluding hydrogens is 280 g/mol. The number of nitrogens with two attached hydrogens (primary N) is 1. The third-order valence-corrected chi connectivity index (χ3v) is 4.60. The van der Waals surface area contributed by atoms with Gasteiger partial charge in [-0.3, -0.25) is 0 Å². The van der Waals surface area contributed by atoms with E-state index in [1.54, 1.807) is 0 Å². The zero-order valence-electron chi connectivity index (χ0n) is 15.1. The monoisotopic (exact) mass is 310 g/mol. The van der Waals surface area contributed by atoms with Gasteiger partial charge in [-0.25, -0.2) is 4.98 Å². The van der Waals surface area contributed by atoms with Crippen LogP contribution in [0.5, 0.6) is 0 Å². The van der Waals surface area contributed by atoms with E-state index >= 15 is 0 Å². The average Bonchev–Trinajstić information content (AvgIpc) is 2.53. The van der Waals surface area contributed by atoms with Crippen LogP contribution in [0.15, 0.2) is 24.3 Å². The minimum absolute atomic E-state index is 0.710. The molecule has 2 rings (SSSR count). The molecule has 2 nitrogen and oxygen atoms in total. The molecule has 1 aromatic heterocycles. The Morgan fingerprint density at radius 3 is 2.39 bits per heavy atom. The molecule has 0 amide bonds. The highest BCUT2D eigenvalue weighted by atomic mass is 14.8.